The van der Waals surface area contributed by atoms with Crippen LogP contribution in [0, 0.1) is 0 Å². The second kappa shape index (κ2) is 8.74. The molecule has 2 heterocycles. The number of benzene rings is 2. The molecule has 2 aromatic carbocycles. The second-order valence-corrected chi connectivity index (χ2v) is 7.54. The lowest BCUT2D eigenvalue weighted by molar-refractivity contribution is 0.222. The van der Waals surface area contributed by atoms with E-state index in [9.17, 15) is 0 Å². The molecule has 0 aromatic heterocycles. The molecule has 6 nitrogen and oxygen atoms in total. The van der Waals surface area contributed by atoms with Crippen LogP contribution in [0.25, 0.3) is 0 Å². The van der Waals surface area contributed by atoms with Crippen LogP contribution >= 0.6 is 0 Å². The van der Waals surface area contributed by atoms with Crippen LogP contribution in [0.1, 0.15) is 31.1 Å². The van der Waals surface area contributed by atoms with E-state index < -0.39 is 0 Å². The first-order chi connectivity index (χ1) is 14.2. The predicted octanol–water partition coefficient (Wildman–Crippen LogP) is 3.44. The van der Waals surface area contributed by atoms with E-state index in [1.165, 1.54) is 5.56 Å². The number of fused-ring (bicyclic) bond motifs is 3. The maximum Gasteiger partial charge on any atom is 0.160 e. The Labute approximate surface area is 173 Å². The first-order valence-corrected chi connectivity index (χ1v) is 10.6. The zero-order valence-electron chi connectivity index (χ0n) is 17.6. The van der Waals surface area contributed by atoms with Crippen molar-refractivity contribution < 1.29 is 4.74 Å². The third kappa shape index (κ3) is 4.17. The lowest BCUT2D eigenvalue weighted by Crippen LogP contribution is -2.49. The van der Waals surface area contributed by atoms with E-state index >= 15 is 0 Å². The van der Waals surface area contributed by atoms with Crippen LogP contribution in [0.4, 0.5) is 5.69 Å². The topological polar surface area (TPSA) is 43.3 Å². The molecule has 0 radical (unpaired) electrons. The van der Waals surface area contributed by atoms with Crippen molar-refractivity contribution in [3.05, 3.63) is 59.7 Å². The summed E-state index contributed by atoms with van der Waals surface area (Å²) in [5.74, 6) is 1.96. The number of para-hydroxylation sites is 1. The third-order valence-electron chi connectivity index (χ3n) is 5.74. The van der Waals surface area contributed by atoms with Gasteiger partial charge >= 0.3 is 0 Å². The maximum absolute atomic E-state index is 5.95. The minimum atomic E-state index is 0.0714. The van der Waals surface area contributed by atoms with Crippen molar-refractivity contribution in [2.45, 2.75) is 20.0 Å². The van der Waals surface area contributed by atoms with Crippen LogP contribution in [-0.2, 0) is 0 Å². The minimum absolute atomic E-state index is 0.0714. The number of rotatable bonds is 7. The number of nitrogens with zero attached hydrogens (tertiary/aromatic N) is 4. The highest BCUT2D eigenvalue weighted by Crippen LogP contribution is 2.35. The quantitative estimate of drug-likeness (QED) is 0.781. The number of amidine groups is 1. The van der Waals surface area contributed by atoms with Gasteiger partial charge in [-0.2, -0.15) is 5.10 Å². The Morgan fingerprint density at radius 2 is 1.83 bits per heavy atom. The second-order valence-electron chi connectivity index (χ2n) is 7.54. The van der Waals surface area contributed by atoms with E-state index in [0.29, 0.717) is 6.61 Å². The third-order valence-corrected chi connectivity index (χ3v) is 5.74. The molecule has 0 aliphatic carbocycles. The number of ether oxygens (including phenoxy) is 1. The molecular formula is C23H31N5O. The smallest absolute Gasteiger partial charge is 0.160 e. The highest BCUT2D eigenvalue weighted by Gasteiger charge is 2.33. The van der Waals surface area contributed by atoms with Crippen molar-refractivity contribution >= 4 is 11.5 Å². The molecule has 0 fully saturated rings. The van der Waals surface area contributed by atoms with Crippen molar-refractivity contribution in [2.24, 2.45) is 5.10 Å². The molecule has 2 aromatic rings. The fourth-order valence-electron chi connectivity index (χ4n) is 3.96. The number of hydrogen-bond acceptors (Lipinski definition) is 6. The Balaban J connectivity index is 1.50. The van der Waals surface area contributed by atoms with Gasteiger partial charge in [-0.1, -0.05) is 38.1 Å². The normalized spacial score (nSPS) is 18.1. The van der Waals surface area contributed by atoms with Gasteiger partial charge in [0.1, 0.15) is 18.5 Å². The monoisotopic (exact) mass is 393 g/mol. The highest BCUT2D eigenvalue weighted by atomic mass is 16.5. The highest BCUT2D eigenvalue weighted by molar-refractivity contribution is 6.05. The summed E-state index contributed by atoms with van der Waals surface area (Å²) in [5, 5.41) is 10.5. The Kier molecular flexibility index (Phi) is 5.90. The van der Waals surface area contributed by atoms with E-state index in [1.807, 2.05) is 12.1 Å². The summed E-state index contributed by atoms with van der Waals surface area (Å²) in [7, 11) is 2.04. The standard InChI is InChI=1S/C23H31N5O/c1-4-27(5-2)16-17-29-19-12-10-18(11-13-19)22-24-21-9-7-6-8-20(21)23-25-26(3)14-15-28(22)23/h6-13,22,24H,4-5,14-17H2,1-3H3. The number of nitrogens with one attached hydrogen (secondary N) is 1. The average Bonchev–Trinajstić information content (AvgIpc) is 2.76. The Bertz CT molecular complexity index is 847. The molecule has 6 heteroatoms. The number of anilines is 1. The largest absolute Gasteiger partial charge is 0.492 e. The van der Waals surface area contributed by atoms with Crippen LogP contribution in [0.3, 0.4) is 0 Å². The van der Waals surface area contributed by atoms with Crippen molar-refractivity contribution in [3.63, 3.8) is 0 Å². The van der Waals surface area contributed by atoms with Crippen LogP contribution in [0.2, 0.25) is 0 Å². The lowest BCUT2D eigenvalue weighted by atomic mass is 10.0. The summed E-state index contributed by atoms with van der Waals surface area (Å²) in [6.45, 7) is 10.0. The summed E-state index contributed by atoms with van der Waals surface area (Å²) < 4.78 is 5.95. The van der Waals surface area contributed by atoms with Crippen LogP contribution in [-0.4, -0.2) is 67.0 Å². The summed E-state index contributed by atoms with van der Waals surface area (Å²) in [4.78, 5) is 4.73. The molecule has 2 aliphatic rings. The summed E-state index contributed by atoms with van der Waals surface area (Å²) in [6, 6.07) is 16.9. The SMILES string of the molecule is CCN(CC)CCOc1ccc(C2Nc3ccccc3C3=NN(C)CCN32)cc1. The van der Waals surface area contributed by atoms with Crippen molar-refractivity contribution in [2.75, 3.05) is 51.7 Å². The summed E-state index contributed by atoms with van der Waals surface area (Å²) >= 11 is 0. The molecule has 2 aliphatic heterocycles. The number of likely N-dealkylation sites (N-methyl/N-ethyl adjacent to an activating group) is 2. The summed E-state index contributed by atoms with van der Waals surface area (Å²) in [5.41, 5.74) is 3.50. The summed E-state index contributed by atoms with van der Waals surface area (Å²) in [6.07, 6.45) is 0.0714. The molecule has 1 N–H and O–H groups in total. The van der Waals surface area contributed by atoms with Gasteiger partial charge in [0.05, 0.1) is 6.54 Å². The van der Waals surface area contributed by atoms with Gasteiger partial charge < -0.3 is 19.9 Å². The number of hydrogen-bond donors (Lipinski definition) is 1. The van der Waals surface area contributed by atoms with E-state index in [-0.39, 0.29) is 6.17 Å². The van der Waals surface area contributed by atoms with Gasteiger partial charge in [-0.15, -0.1) is 0 Å². The molecule has 0 saturated carbocycles. The Hall–Kier alpha value is -2.73. The average molecular weight is 394 g/mol. The fraction of sp³-hybridized carbons (Fsp3) is 0.435. The zero-order chi connectivity index (χ0) is 20.2. The van der Waals surface area contributed by atoms with Crippen LogP contribution in [0.5, 0.6) is 5.75 Å². The van der Waals surface area contributed by atoms with E-state index in [4.69, 9.17) is 9.84 Å². The maximum atomic E-state index is 5.95. The first-order valence-electron chi connectivity index (χ1n) is 10.6. The van der Waals surface area contributed by atoms with Crippen molar-refractivity contribution in [1.82, 2.24) is 14.8 Å². The van der Waals surface area contributed by atoms with Gasteiger partial charge in [0.25, 0.3) is 0 Å². The van der Waals surface area contributed by atoms with Gasteiger partial charge in [0, 0.05) is 31.4 Å². The molecule has 0 saturated heterocycles. The molecule has 0 amide bonds. The van der Waals surface area contributed by atoms with E-state index in [1.54, 1.807) is 0 Å². The Morgan fingerprint density at radius 1 is 1.07 bits per heavy atom. The molecule has 1 atom stereocenters. The van der Waals surface area contributed by atoms with E-state index in [0.717, 1.165) is 55.6 Å². The molecule has 4 rings (SSSR count). The van der Waals surface area contributed by atoms with Crippen molar-refractivity contribution in [1.29, 1.82) is 0 Å². The van der Waals surface area contributed by atoms with Crippen molar-refractivity contribution in [3.8, 4) is 5.75 Å². The van der Waals surface area contributed by atoms with E-state index in [2.05, 4.69) is 77.5 Å². The molecule has 1 unspecified atom stereocenters. The van der Waals surface area contributed by atoms with Gasteiger partial charge in [-0.05, 0) is 42.9 Å². The zero-order valence-corrected chi connectivity index (χ0v) is 17.6. The molecule has 0 bridgehead atoms. The van der Waals surface area contributed by atoms with Gasteiger partial charge in [-0.25, -0.2) is 0 Å². The molecule has 29 heavy (non-hydrogen) atoms. The molecule has 0 spiro atoms. The molecular weight excluding hydrogens is 362 g/mol. The van der Waals surface area contributed by atoms with Crippen LogP contribution < -0.4 is 10.1 Å². The predicted molar refractivity (Wildman–Crippen MR) is 118 cm³/mol. The lowest BCUT2D eigenvalue weighted by Gasteiger charge is -2.43. The molecule has 154 valence electrons. The van der Waals surface area contributed by atoms with Gasteiger partial charge in [-0.3, -0.25) is 5.01 Å². The minimum Gasteiger partial charge on any atom is -0.492 e. The van der Waals surface area contributed by atoms with Gasteiger partial charge in [0.2, 0.25) is 0 Å². The Morgan fingerprint density at radius 3 is 2.59 bits per heavy atom. The fourth-order valence-corrected chi connectivity index (χ4v) is 3.96. The van der Waals surface area contributed by atoms with Gasteiger partial charge in [0.15, 0.2) is 5.84 Å². The number of hydrazone groups is 1. The first kappa shape index (κ1) is 19.6. The van der Waals surface area contributed by atoms with Crippen LogP contribution in [0.15, 0.2) is 53.6 Å².